The van der Waals surface area contributed by atoms with Crippen LogP contribution >= 0.6 is 0 Å². The highest BCUT2D eigenvalue weighted by molar-refractivity contribution is 6.06. The number of fused-ring (bicyclic) bond motifs is 2. The molecule has 1 aliphatic heterocycles. The molecule has 0 atom stereocenters. The SMILES string of the molecule is Cc1ccc(-c2nc3cc(C)ccn3c2NC(=O)c2ccc3c(c2)OCO3)cc1. The van der Waals surface area contributed by atoms with Crippen molar-refractivity contribution in [2.45, 2.75) is 13.8 Å². The highest BCUT2D eigenvalue weighted by atomic mass is 16.7. The molecule has 29 heavy (non-hydrogen) atoms. The second kappa shape index (κ2) is 6.67. The van der Waals surface area contributed by atoms with Crippen LogP contribution in [0.3, 0.4) is 0 Å². The molecule has 4 aromatic rings. The molecule has 0 radical (unpaired) electrons. The Labute approximate surface area is 167 Å². The quantitative estimate of drug-likeness (QED) is 0.560. The van der Waals surface area contributed by atoms with Crippen LogP contribution in [0.4, 0.5) is 5.82 Å². The van der Waals surface area contributed by atoms with Crippen LogP contribution in [-0.2, 0) is 0 Å². The number of hydrogen-bond donors (Lipinski definition) is 1. The predicted molar refractivity (Wildman–Crippen MR) is 111 cm³/mol. The fourth-order valence-corrected chi connectivity index (χ4v) is 3.40. The van der Waals surface area contributed by atoms with Gasteiger partial charge in [0.25, 0.3) is 5.91 Å². The average Bonchev–Trinajstić information content (AvgIpc) is 3.32. The Morgan fingerprint density at radius 2 is 1.76 bits per heavy atom. The Bertz CT molecular complexity index is 1240. The van der Waals surface area contributed by atoms with Gasteiger partial charge in [-0.05, 0) is 49.7 Å². The van der Waals surface area contributed by atoms with E-state index in [2.05, 4.69) is 5.32 Å². The van der Waals surface area contributed by atoms with Crippen LogP contribution in [0.5, 0.6) is 11.5 Å². The summed E-state index contributed by atoms with van der Waals surface area (Å²) in [4.78, 5) is 17.8. The molecule has 0 saturated carbocycles. The van der Waals surface area contributed by atoms with Crippen molar-refractivity contribution in [3.05, 3.63) is 77.5 Å². The Balaban J connectivity index is 1.58. The number of aromatic nitrogens is 2. The number of anilines is 1. The fourth-order valence-electron chi connectivity index (χ4n) is 3.40. The lowest BCUT2D eigenvalue weighted by molar-refractivity contribution is 0.102. The number of nitrogens with zero attached hydrogens (tertiary/aromatic N) is 2. The summed E-state index contributed by atoms with van der Waals surface area (Å²) in [6.07, 6.45) is 1.92. The van der Waals surface area contributed by atoms with E-state index in [0.717, 1.165) is 22.5 Å². The summed E-state index contributed by atoms with van der Waals surface area (Å²) in [5.74, 6) is 1.61. The third-order valence-electron chi connectivity index (χ3n) is 4.97. The smallest absolute Gasteiger partial charge is 0.256 e. The Morgan fingerprint density at radius 1 is 0.966 bits per heavy atom. The van der Waals surface area contributed by atoms with Crippen molar-refractivity contribution in [3.8, 4) is 22.8 Å². The van der Waals surface area contributed by atoms with E-state index in [1.807, 2.05) is 60.8 Å². The van der Waals surface area contributed by atoms with Crippen LogP contribution in [0.25, 0.3) is 16.9 Å². The third kappa shape index (κ3) is 3.08. The van der Waals surface area contributed by atoms with Crippen molar-refractivity contribution in [1.29, 1.82) is 0 Å². The highest BCUT2D eigenvalue weighted by Gasteiger charge is 2.20. The largest absolute Gasteiger partial charge is 0.454 e. The molecule has 0 saturated heterocycles. The van der Waals surface area contributed by atoms with E-state index < -0.39 is 0 Å². The average molecular weight is 385 g/mol. The van der Waals surface area contributed by atoms with Crippen LogP contribution in [-0.4, -0.2) is 22.1 Å². The number of aryl methyl sites for hydroxylation is 2. The lowest BCUT2D eigenvalue weighted by atomic mass is 10.1. The third-order valence-corrected chi connectivity index (χ3v) is 4.97. The van der Waals surface area contributed by atoms with E-state index >= 15 is 0 Å². The molecule has 2 aromatic heterocycles. The molecular formula is C23H19N3O3. The fraction of sp³-hybridized carbons (Fsp3) is 0.130. The predicted octanol–water partition coefficient (Wildman–Crippen LogP) is 4.60. The van der Waals surface area contributed by atoms with Gasteiger partial charge in [-0.2, -0.15) is 0 Å². The molecule has 1 amide bonds. The zero-order valence-electron chi connectivity index (χ0n) is 16.1. The van der Waals surface area contributed by atoms with Gasteiger partial charge < -0.3 is 14.8 Å². The summed E-state index contributed by atoms with van der Waals surface area (Å²) in [6, 6.07) is 17.2. The molecule has 5 rings (SSSR count). The van der Waals surface area contributed by atoms with Gasteiger partial charge in [-0.1, -0.05) is 29.8 Å². The van der Waals surface area contributed by atoms with Gasteiger partial charge in [0.2, 0.25) is 6.79 Å². The number of benzene rings is 2. The van der Waals surface area contributed by atoms with Crippen LogP contribution in [0, 0.1) is 13.8 Å². The highest BCUT2D eigenvalue weighted by Crippen LogP contribution is 2.34. The summed E-state index contributed by atoms with van der Waals surface area (Å²) in [6.45, 7) is 4.23. The number of imidazole rings is 1. The molecule has 0 bridgehead atoms. The molecule has 1 N–H and O–H groups in total. The maximum Gasteiger partial charge on any atom is 0.256 e. The van der Waals surface area contributed by atoms with Gasteiger partial charge >= 0.3 is 0 Å². The van der Waals surface area contributed by atoms with Gasteiger partial charge in [-0.15, -0.1) is 0 Å². The second-order valence-corrected chi connectivity index (χ2v) is 7.13. The maximum atomic E-state index is 13.0. The van der Waals surface area contributed by atoms with Gasteiger partial charge in [0, 0.05) is 17.3 Å². The molecule has 144 valence electrons. The van der Waals surface area contributed by atoms with Gasteiger partial charge in [-0.25, -0.2) is 4.98 Å². The summed E-state index contributed by atoms with van der Waals surface area (Å²) in [7, 11) is 0. The molecular weight excluding hydrogens is 366 g/mol. The number of pyridine rings is 1. The number of carbonyl (C=O) groups is 1. The second-order valence-electron chi connectivity index (χ2n) is 7.13. The number of ether oxygens (including phenoxy) is 2. The molecule has 6 nitrogen and oxygen atoms in total. The molecule has 0 fully saturated rings. The van der Waals surface area contributed by atoms with Gasteiger partial charge in [-0.3, -0.25) is 9.20 Å². The number of hydrogen-bond acceptors (Lipinski definition) is 4. The van der Waals surface area contributed by atoms with E-state index in [4.69, 9.17) is 14.5 Å². The first-order valence-electron chi connectivity index (χ1n) is 9.35. The monoisotopic (exact) mass is 385 g/mol. The zero-order valence-corrected chi connectivity index (χ0v) is 16.1. The first-order valence-corrected chi connectivity index (χ1v) is 9.35. The Morgan fingerprint density at radius 3 is 2.59 bits per heavy atom. The molecule has 1 aliphatic rings. The van der Waals surface area contributed by atoms with Crippen molar-refractivity contribution < 1.29 is 14.3 Å². The lowest BCUT2D eigenvalue weighted by Crippen LogP contribution is -2.14. The topological polar surface area (TPSA) is 64.9 Å². The molecule has 3 heterocycles. The molecule has 0 unspecified atom stereocenters. The summed E-state index contributed by atoms with van der Waals surface area (Å²) >= 11 is 0. The normalized spacial score (nSPS) is 12.3. The van der Waals surface area contributed by atoms with E-state index in [-0.39, 0.29) is 12.7 Å². The van der Waals surface area contributed by atoms with E-state index in [1.165, 1.54) is 5.56 Å². The summed E-state index contributed by atoms with van der Waals surface area (Å²) in [5, 5.41) is 3.04. The first kappa shape index (κ1) is 17.3. The molecule has 6 heteroatoms. The van der Waals surface area contributed by atoms with Crippen molar-refractivity contribution in [2.24, 2.45) is 0 Å². The van der Waals surface area contributed by atoms with E-state index in [0.29, 0.717) is 22.9 Å². The number of carbonyl (C=O) groups excluding carboxylic acids is 1. The minimum Gasteiger partial charge on any atom is -0.454 e. The van der Waals surface area contributed by atoms with Gasteiger partial charge in [0.05, 0.1) is 0 Å². The zero-order chi connectivity index (χ0) is 20.0. The van der Waals surface area contributed by atoms with E-state index in [1.54, 1.807) is 18.2 Å². The number of rotatable bonds is 3. The first-order chi connectivity index (χ1) is 14.1. The maximum absolute atomic E-state index is 13.0. The molecule has 0 spiro atoms. The number of amides is 1. The van der Waals surface area contributed by atoms with Gasteiger partial charge in [0.1, 0.15) is 17.2 Å². The summed E-state index contributed by atoms with van der Waals surface area (Å²) in [5.41, 5.74) is 5.21. The number of nitrogens with one attached hydrogen (secondary N) is 1. The van der Waals surface area contributed by atoms with Gasteiger partial charge in [0.15, 0.2) is 11.5 Å². The van der Waals surface area contributed by atoms with Crippen LogP contribution < -0.4 is 14.8 Å². The van der Waals surface area contributed by atoms with Crippen molar-refractivity contribution in [2.75, 3.05) is 12.1 Å². The minimum absolute atomic E-state index is 0.171. The van der Waals surface area contributed by atoms with Crippen molar-refractivity contribution in [3.63, 3.8) is 0 Å². The van der Waals surface area contributed by atoms with Crippen LogP contribution in [0.2, 0.25) is 0 Å². The standard InChI is InChI=1S/C23H19N3O3/c1-14-3-5-16(6-4-14)21-22(26-10-9-15(2)11-20(26)24-21)25-23(27)17-7-8-18-19(12-17)29-13-28-18/h3-12H,13H2,1-2H3,(H,25,27). The molecule has 0 aliphatic carbocycles. The minimum atomic E-state index is -0.237. The van der Waals surface area contributed by atoms with Crippen molar-refractivity contribution in [1.82, 2.24) is 9.38 Å². The summed E-state index contributed by atoms with van der Waals surface area (Å²) < 4.78 is 12.6. The Kier molecular flexibility index (Phi) is 3.98. The van der Waals surface area contributed by atoms with Crippen LogP contribution in [0.15, 0.2) is 60.8 Å². The lowest BCUT2D eigenvalue weighted by Gasteiger charge is -2.09. The van der Waals surface area contributed by atoms with E-state index in [9.17, 15) is 4.79 Å². The molecule has 2 aromatic carbocycles. The van der Waals surface area contributed by atoms with Crippen LogP contribution in [0.1, 0.15) is 21.5 Å². The Hall–Kier alpha value is -3.80. The van der Waals surface area contributed by atoms with Crippen molar-refractivity contribution >= 4 is 17.4 Å².